The second-order valence-electron chi connectivity index (χ2n) is 7.16. The minimum Gasteiger partial charge on any atom is -0.410 e. The molecule has 1 aliphatic rings. The Labute approximate surface area is 181 Å². The lowest BCUT2D eigenvalue weighted by molar-refractivity contribution is -0.221. The summed E-state index contributed by atoms with van der Waals surface area (Å²) in [5.41, 5.74) is 0.661. The Kier molecular flexibility index (Phi) is 6.35. The zero-order chi connectivity index (χ0) is 22.6. The topological polar surface area (TPSA) is 90.6 Å². The summed E-state index contributed by atoms with van der Waals surface area (Å²) < 4.78 is 56.8. The fourth-order valence-electron chi connectivity index (χ4n) is 3.37. The third kappa shape index (κ3) is 5.22. The first-order valence-corrected chi connectivity index (χ1v) is 9.83. The van der Waals surface area contributed by atoms with E-state index in [-0.39, 0.29) is 37.0 Å². The summed E-state index contributed by atoms with van der Waals surface area (Å²) in [6, 6.07) is 11.5. The molecule has 32 heavy (non-hydrogen) atoms. The summed E-state index contributed by atoms with van der Waals surface area (Å²) in [5.74, 6) is -1.26. The maximum Gasteiger partial charge on any atom is 0.415 e. The second kappa shape index (κ2) is 9.35. The number of piperidine rings is 1. The van der Waals surface area contributed by atoms with Gasteiger partial charge in [0.2, 0.25) is 5.82 Å². The Morgan fingerprint density at radius 2 is 1.91 bits per heavy atom. The predicted octanol–water partition coefficient (Wildman–Crippen LogP) is 4.10. The fraction of sp³-hybridized carbons (Fsp3) is 0.333. The lowest BCUT2D eigenvalue weighted by Crippen LogP contribution is -2.52. The van der Waals surface area contributed by atoms with Gasteiger partial charge in [0.15, 0.2) is 0 Å². The zero-order valence-electron chi connectivity index (χ0n) is 16.7. The number of para-hydroxylation sites is 1. The molecule has 3 heterocycles. The van der Waals surface area contributed by atoms with Crippen molar-refractivity contribution >= 4 is 6.09 Å². The largest absolute Gasteiger partial charge is 0.415 e. The minimum absolute atomic E-state index is 0.0145. The molecular weight excluding hydrogens is 429 g/mol. The highest BCUT2D eigenvalue weighted by Gasteiger charge is 2.49. The lowest BCUT2D eigenvalue weighted by atomic mass is 9.94. The average molecular weight is 448 g/mol. The molecule has 2 atom stereocenters. The van der Waals surface area contributed by atoms with Gasteiger partial charge in [0.05, 0.1) is 12.0 Å². The van der Waals surface area contributed by atoms with Gasteiger partial charge in [0.25, 0.3) is 5.89 Å². The molecule has 0 spiro atoms. The number of rotatable bonds is 5. The Morgan fingerprint density at radius 1 is 1.16 bits per heavy atom. The predicted molar refractivity (Wildman–Crippen MR) is 104 cm³/mol. The molecule has 0 aliphatic carbocycles. The molecule has 1 aromatic carbocycles. The molecule has 0 N–H and O–H groups in total. The maximum absolute atomic E-state index is 13.7. The molecule has 11 heteroatoms. The number of halogens is 3. The SMILES string of the molecule is O=C(Oc1ccccc1)N1CCC(OCc2nc(-c3ccncc3)no2)C(C(F)(F)F)C1. The molecule has 1 saturated heterocycles. The van der Waals surface area contributed by atoms with Gasteiger partial charge in [0, 0.05) is 31.0 Å². The molecule has 0 bridgehead atoms. The Hall–Kier alpha value is -3.47. The van der Waals surface area contributed by atoms with Crippen LogP contribution in [-0.2, 0) is 11.3 Å². The van der Waals surface area contributed by atoms with Crippen molar-refractivity contribution in [2.75, 3.05) is 13.1 Å². The monoisotopic (exact) mass is 448 g/mol. The van der Waals surface area contributed by atoms with Crippen LogP contribution in [0.3, 0.4) is 0 Å². The van der Waals surface area contributed by atoms with Gasteiger partial charge in [-0.15, -0.1) is 0 Å². The van der Waals surface area contributed by atoms with Crippen LogP contribution in [-0.4, -0.2) is 51.5 Å². The number of hydrogen-bond acceptors (Lipinski definition) is 7. The molecule has 3 aromatic rings. The van der Waals surface area contributed by atoms with Crippen LogP contribution < -0.4 is 4.74 Å². The third-order valence-electron chi connectivity index (χ3n) is 5.00. The summed E-state index contributed by atoms with van der Waals surface area (Å²) in [4.78, 5) is 21.4. The number of carbonyl (C=O) groups is 1. The Balaban J connectivity index is 1.38. The quantitative estimate of drug-likeness (QED) is 0.580. The van der Waals surface area contributed by atoms with Gasteiger partial charge in [0.1, 0.15) is 12.4 Å². The minimum atomic E-state index is -4.56. The first-order valence-electron chi connectivity index (χ1n) is 9.83. The third-order valence-corrected chi connectivity index (χ3v) is 5.00. The summed E-state index contributed by atoms with van der Waals surface area (Å²) in [6.45, 7) is -0.773. The van der Waals surface area contributed by atoms with Gasteiger partial charge in [-0.25, -0.2) is 4.79 Å². The number of benzene rings is 1. The number of amides is 1. The van der Waals surface area contributed by atoms with Gasteiger partial charge in [-0.1, -0.05) is 23.4 Å². The maximum atomic E-state index is 13.7. The van der Waals surface area contributed by atoms with Crippen LogP contribution in [0.2, 0.25) is 0 Å². The first-order chi connectivity index (χ1) is 15.4. The van der Waals surface area contributed by atoms with E-state index < -0.39 is 30.8 Å². The molecule has 0 radical (unpaired) electrons. The van der Waals surface area contributed by atoms with Crippen LogP contribution in [0.5, 0.6) is 5.75 Å². The highest BCUT2D eigenvalue weighted by molar-refractivity contribution is 5.70. The van der Waals surface area contributed by atoms with E-state index in [1.54, 1.807) is 54.9 Å². The van der Waals surface area contributed by atoms with E-state index in [9.17, 15) is 18.0 Å². The second-order valence-corrected chi connectivity index (χ2v) is 7.16. The van der Waals surface area contributed by atoms with Gasteiger partial charge in [-0.2, -0.15) is 18.2 Å². The molecule has 2 aromatic heterocycles. The first kappa shape index (κ1) is 21.8. The van der Waals surface area contributed by atoms with Crippen molar-refractivity contribution in [3.63, 3.8) is 0 Å². The van der Waals surface area contributed by atoms with Gasteiger partial charge in [-0.3, -0.25) is 4.98 Å². The van der Waals surface area contributed by atoms with Crippen LogP contribution in [0, 0.1) is 5.92 Å². The van der Waals surface area contributed by atoms with E-state index in [1.807, 2.05) is 0 Å². The van der Waals surface area contributed by atoms with E-state index in [2.05, 4.69) is 15.1 Å². The van der Waals surface area contributed by atoms with E-state index in [0.717, 1.165) is 4.90 Å². The Morgan fingerprint density at radius 3 is 2.62 bits per heavy atom. The average Bonchev–Trinajstić information content (AvgIpc) is 3.27. The van der Waals surface area contributed by atoms with Crippen molar-refractivity contribution in [1.82, 2.24) is 20.0 Å². The van der Waals surface area contributed by atoms with Crippen molar-refractivity contribution < 1.29 is 32.0 Å². The van der Waals surface area contributed by atoms with Gasteiger partial charge >= 0.3 is 12.3 Å². The molecule has 1 amide bonds. The highest BCUT2D eigenvalue weighted by Crippen LogP contribution is 2.35. The molecular formula is C21H19F3N4O4. The van der Waals surface area contributed by atoms with E-state index in [0.29, 0.717) is 5.56 Å². The zero-order valence-corrected chi connectivity index (χ0v) is 16.7. The molecule has 168 valence electrons. The van der Waals surface area contributed by atoms with Crippen molar-refractivity contribution in [1.29, 1.82) is 0 Å². The van der Waals surface area contributed by atoms with Gasteiger partial charge < -0.3 is 18.9 Å². The number of ether oxygens (including phenoxy) is 2. The molecule has 0 saturated carbocycles. The number of pyridine rings is 1. The van der Waals surface area contributed by atoms with E-state index in [1.165, 1.54) is 0 Å². The van der Waals surface area contributed by atoms with Crippen LogP contribution in [0.15, 0.2) is 59.4 Å². The van der Waals surface area contributed by atoms with Gasteiger partial charge in [-0.05, 0) is 30.7 Å². The summed E-state index contributed by atoms with van der Waals surface area (Å²) >= 11 is 0. The number of likely N-dealkylation sites (tertiary alicyclic amines) is 1. The number of hydrogen-bond donors (Lipinski definition) is 0. The van der Waals surface area contributed by atoms with Crippen molar-refractivity contribution in [3.05, 3.63) is 60.7 Å². The lowest BCUT2D eigenvalue weighted by Gasteiger charge is -2.38. The standard InChI is InChI=1S/C21H19F3N4O4/c22-21(23,24)16-12-28(20(29)31-15-4-2-1-3-5-15)11-8-17(16)30-13-18-26-19(27-32-18)14-6-9-25-10-7-14/h1-7,9-10,16-17H,8,11-13H2. The van der Waals surface area contributed by atoms with Crippen molar-refractivity contribution in [2.45, 2.75) is 25.3 Å². The molecule has 1 aliphatic heterocycles. The molecule has 4 rings (SSSR count). The Bertz CT molecular complexity index is 1030. The number of carbonyl (C=O) groups excluding carboxylic acids is 1. The van der Waals surface area contributed by atoms with Crippen LogP contribution in [0.25, 0.3) is 11.4 Å². The normalized spacial score (nSPS) is 19.0. The summed E-state index contributed by atoms with van der Waals surface area (Å²) in [5, 5.41) is 3.81. The number of alkyl halides is 3. The fourth-order valence-corrected chi connectivity index (χ4v) is 3.37. The molecule has 8 nitrogen and oxygen atoms in total. The smallest absolute Gasteiger partial charge is 0.410 e. The van der Waals surface area contributed by atoms with E-state index in [4.69, 9.17) is 14.0 Å². The van der Waals surface area contributed by atoms with Crippen LogP contribution in [0.1, 0.15) is 12.3 Å². The van der Waals surface area contributed by atoms with Crippen LogP contribution in [0.4, 0.5) is 18.0 Å². The highest BCUT2D eigenvalue weighted by atomic mass is 19.4. The van der Waals surface area contributed by atoms with E-state index >= 15 is 0 Å². The summed E-state index contributed by atoms with van der Waals surface area (Å²) in [6.07, 6.45) is -3.44. The van der Waals surface area contributed by atoms with Crippen molar-refractivity contribution in [3.8, 4) is 17.1 Å². The number of nitrogens with zero attached hydrogens (tertiary/aromatic N) is 4. The molecule has 2 unspecified atom stereocenters. The van der Waals surface area contributed by atoms with Crippen LogP contribution >= 0.6 is 0 Å². The molecule has 1 fully saturated rings. The number of aromatic nitrogens is 3. The summed E-state index contributed by atoms with van der Waals surface area (Å²) in [7, 11) is 0. The van der Waals surface area contributed by atoms with Crippen molar-refractivity contribution in [2.24, 2.45) is 5.92 Å².